The zero-order valence-electron chi connectivity index (χ0n) is 13.8. The molecule has 0 atom stereocenters. The van der Waals surface area contributed by atoms with Crippen molar-refractivity contribution in [3.8, 4) is 0 Å². The molecule has 0 spiro atoms. The first-order chi connectivity index (χ1) is 11.5. The van der Waals surface area contributed by atoms with Crippen LogP contribution < -0.4 is 10.6 Å². The Morgan fingerprint density at radius 2 is 1.83 bits per heavy atom. The van der Waals surface area contributed by atoms with Crippen LogP contribution in [0.1, 0.15) is 27.4 Å². The number of anilines is 3. The van der Waals surface area contributed by atoms with Gasteiger partial charge in [-0.1, -0.05) is 23.4 Å². The fraction of sp³-hybridized carbons (Fsp3) is 0.167. The highest BCUT2D eigenvalue weighted by molar-refractivity contribution is 6.04. The summed E-state index contributed by atoms with van der Waals surface area (Å²) >= 11 is 0. The SMILES string of the molecule is Cc1cc(Nc2ccnc(C(=O)Nc3c(C)cccc3C)c2)no1. The summed E-state index contributed by atoms with van der Waals surface area (Å²) in [4.78, 5) is 16.6. The van der Waals surface area contributed by atoms with Crippen molar-refractivity contribution in [1.82, 2.24) is 10.1 Å². The van der Waals surface area contributed by atoms with E-state index in [2.05, 4.69) is 20.8 Å². The van der Waals surface area contributed by atoms with E-state index in [1.807, 2.05) is 39.0 Å². The summed E-state index contributed by atoms with van der Waals surface area (Å²) < 4.78 is 5.01. The molecule has 0 saturated carbocycles. The quantitative estimate of drug-likeness (QED) is 0.759. The van der Waals surface area contributed by atoms with Crippen LogP contribution in [0.25, 0.3) is 0 Å². The lowest BCUT2D eigenvalue weighted by molar-refractivity contribution is 0.102. The van der Waals surface area contributed by atoms with Crippen molar-refractivity contribution in [1.29, 1.82) is 0 Å². The van der Waals surface area contributed by atoms with E-state index in [9.17, 15) is 4.79 Å². The average Bonchev–Trinajstić information content (AvgIpc) is 2.96. The largest absolute Gasteiger partial charge is 0.360 e. The number of hydrogen-bond donors (Lipinski definition) is 2. The van der Waals surface area contributed by atoms with Crippen LogP contribution in [-0.4, -0.2) is 16.0 Å². The van der Waals surface area contributed by atoms with Crippen LogP contribution in [0.3, 0.4) is 0 Å². The topological polar surface area (TPSA) is 80.0 Å². The minimum absolute atomic E-state index is 0.257. The first kappa shape index (κ1) is 15.7. The lowest BCUT2D eigenvalue weighted by Gasteiger charge is -2.11. The number of amides is 1. The Labute approximate surface area is 139 Å². The summed E-state index contributed by atoms with van der Waals surface area (Å²) in [6, 6.07) is 11.1. The molecule has 122 valence electrons. The van der Waals surface area contributed by atoms with Gasteiger partial charge in [-0.3, -0.25) is 9.78 Å². The third-order valence-corrected chi connectivity index (χ3v) is 3.61. The first-order valence-electron chi connectivity index (χ1n) is 7.57. The standard InChI is InChI=1S/C18H18N4O2/c1-11-5-4-6-12(2)17(11)21-18(23)15-10-14(7-8-19-15)20-16-9-13(3)24-22-16/h4-10H,1-3H3,(H,21,23)(H,19,20,22). The molecule has 0 fully saturated rings. The Balaban J connectivity index is 1.79. The molecule has 0 unspecified atom stereocenters. The third-order valence-electron chi connectivity index (χ3n) is 3.61. The van der Waals surface area contributed by atoms with Gasteiger partial charge in [-0.05, 0) is 44.0 Å². The number of nitrogens with zero attached hydrogens (tertiary/aromatic N) is 2. The van der Waals surface area contributed by atoms with E-state index in [1.165, 1.54) is 0 Å². The number of carbonyl (C=O) groups excluding carboxylic acids is 1. The number of hydrogen-bond acceptors (Lipinski definition) is 5. The van der Waals surface area contributed by atoms with Crippen LogP contribution in [0.15, 0.2) is 47.1 Å². The summed E-state index contributed by atoms with van der Waals surface area (Å²) in [5.41, 5.74) is 3.87. The molecule has 2 heterocycles. The predicted molar refractivity (Wildman–Crippen MR) is 92.6 cm³/mol. The maximum Gasteiger partial charge on any atom is 0.274 e. The van der Waals surface area contributed by atoms with E-state index in [1.54, 1.807) is 24.4 Å². The van der Waals surface area contributed by atoms with Crippen molar-refractivity contribution in [2.45, 2.75) is 20.8 Å². The van der Waals surface area contributed by atoms with Crippen molar-refractivity contribution in [2.75, 3.05) is 10.6 Å². The number of nitrogens with one attached hydrogen (secondary N) is 2. The number of aromatic nitrogens is 2. The van der Waals surface area contributed by atoms with Crippen molar-refractivity contribution < 1.29 is 9.32 Å². The number of pyridine rings is 1. The van der Waals surface area contributed by atoms with Crippen molar-refractivity contribution in [2.24, 2.45) is 0 Å². The maximum atomic E-state index is 12.5. The maximum absolute atomic E-state index is 12.5. The lowest BCUT2D eigenvalue weighted by atomic mass is 10.1. The Bertz CT molecular complexity index is 866. The molecular formula is C18H18N4O2. The fourth-order valence-electron chi connectivity index (χ4n) is 2.39. The van der Waals surface area contributed by atoms with E-state index in [0.717, 1.165) is 16.8 Å². The molecular weight excluding hydrogens is 304 g/mol. The lowest BCUT2D eigenvalue weighted by Crippen LogP contribution is -2.15. The van der Waals surface area contributed by atoms with Crippen LogP contribution in [0, 0.1) is 20.8 Å². The number of carbonyl (C=O) groups is 1. The number of para-hydroxylation sites is 1. The second-order valence-corrected chi connectivity index (χ2v) is 5.60. The minimum atomic E-state index is -0.257. The number of aryl methyl sites for hydroxylation is 3. The molecule has 0 aliphatic carbocycles. The molecule has 0 radical (unpaired) electrons. The van der Waals surface area contributed by atoms with Gasteiger partial charge in [0.25, 0.3) is 5.91 Å². The van der Waals surface area contributed by atoms with Crippen LogP contribution in [-0.2, 0) is 0 Å². The van der Waals surface area contributed by atoms with Gasteiger partial charge in [0.2, 0.25) is 0 Å². The smallest absolute Gasteiger partial charge is 0.274 e. The first-order valence-corrected chi connectivity index (χ1v) is 7.57. The molecule has 24 heavy (non-hydrogen) atoms. The average molecular weight is 322 g/mol. The van der Waals surface area contributed by atoms with E-state index < -0.39 is 0 Å². The van der Waals surface area contributed by atoms with Gasteiger partial charge < -0.3 is 15.2 Å². The third kappa shape index (κ3) is 3.43. The monoisotopic (exact) mass is 322 g/mol. The fourth-order valence-corrected chi connectivity index (χ4v) is 2.39. The van der Waals surface area contributed by atoms with Gasteiger partial charge in [-0.15, -0.1) is 0 Å². The highest BCUT2D eigenvalue weighted by Crippen LogP contribution is 2.21. The molecule has 3 aromatic rings. The van der Waals surface area contributed by atoms with Crippen LogP contribution in [0.5, 0.6) is 0 Å². The molecule has 0 aliphatic rings. The molecule has 0 saturated heterocycles. The zero-order valence-corrected chi connectivity index (χ0v) is 13.8. The Kier molecular flexibility index (Phi) is 4.29. The Morgan fingerprint density at radius 1 is 1.08 bits per heavy atom. The molecule has 0 bridgehead atoms. The van der Waals surface area contributed by atoms with Gasteiger partial charge in [0, 0.05) is 23.6 Å². The second-order valence-electron chi connectivity index (χ2n) is 5.60. The van der Waals surface area contributed by atoms with Gasteiger partial charge in [0.1, 0.15) is 11.5 Å². The normalized spacial score (nSPS) is 10.5. The van der Waals surface area contributed by atoms with Crippen molar-refractivity contribution in [3.63, 3.8) is 0 Å². The van der Waals surface area contributed by atoms with Gasteiger partial charge >= 0.3 is 0 Å². The van der Waals surface area contributed by atoms with E-state index >= 15 is 0 Å². The number of rotatable bonds is 4. The van der Waals surface area contributed by atoms with Gasteiger partial charge in [0.05, 0.1) is 0 Å². The van der Waals surface area contributed by atoms with Gasteiger partial charge in [0.15, 0.2) is 5.82 Å². The highest BCUT2D eigenvalue weighted by atomic mass is 16.5. The molecule has 3 rings (SSSR count). The summed E-state index contributed by atoms with van der Waals surface area (Å²) in [5.74, 6) is 1.03. The molecule has 1 amide bonds. The minimum Gasteiger partial charge on any atom is -0.360 e. The summed E-state index contributed by atoms with van der Waals surface area (Å²) in [7, 11) is 0. The molecule has 6 heteroatoms. The Morgan fingerprint density at radius 3 is 2.50 bits per heavy atom. The predicted octanol–water partition coefficient (Wildman–Crippen LogP) is 3.99. The summed E-state index contributed by atoms with van der Waals surface area (Å²) in [5, 5.41) is 9.88. The van der Waals surface area contributed by atoms with E-state index in [-0.39, 0.29) is 5.91 Å². The van der Waals surface area contributed by atoms with Crippen LogP contribution in [0.4, 0.5) is 17.2 Å². The van der Waals surface area contributed by atoms with Crippen molar-refractivity contribution in [3.05, 3.63) is 65.2 Å². The Hall–Kier alpha value is -3.15. The molecule has 2 aromatic heterocycles. The van der Waals surface area contributed by atoms with Gasteiger partial charge in [-0.25, -0.2) is 0 Å². The van der Waals surface area contributed by atoms with Gasteiger partial charge in [-0.2, -0.15) is 0 Å². The highest BCUT2D eigenvalue weighted by Gasteiger charge is 2.12. The summed E-state index contributed by atoms with van der Waals surface area (Å²) in [6.45, 7) is 5.73. The van der Waals surface area contributed by atoms with Crippen LogP contribution >= 0.6 is 0 Å². The summed E-state index contributed by atoms with van der Waals surface area (Å²) in [6.07, 6.45) is 1.58. The molecule has 2 N–H and O–H groups in total. The molecule has 1 aromatic carbocycles. The number of benzene rings is 1. The molecule has 6 nitrogen and oxygen atoms in total. The van der Waals surface area contributed by atoms with Crippen LogP contribution in [0.2, 0.25) is 0 Å². The van der Waals surface area contributed by atoms with E-state index in [0.29, 0.717) is 23.0 Å². The second kappa shape index (κ2) is 6.54. The zero-order chi connectivity index (χ0) is 17.1. The van der Waals surface area contributed by atoms with Crippen molar-refractivity contribution >= 4 is 23.1 Å². The molecule has 0 aliphatic heterocycles. The van der Waals surface area contributed by atoms with E-state index in [4.69, 9.17) is 4.52 Å².